The van der Waals surface area contributed by atoms with Crippen molar-refractivity contribution >= 4 is 23.0 Å². The van der Waals surface area contributed by atoms with Gasteiger partial charge in [0.15, 0.2) is 0 Å². The van der Waals surface area contributed by atoms with Crippen molar-refractivity contribution in [1.29, 1.82) is 0 Å². The van der Waals surface area contributed by atoms with E-state index in [0.29, 0.717) is 60.5 Å². The molecule has 0 atom stereocenters. The molecule has 10 nitrogen and oxygen atoms in total. The Balaban J connectivity index is 1.61. The van der Waals surface area contributed by atoms with E-state index < -0.39 is 10.8 Å². The molecule has 3 aromatic rings. The number of rotatable bonds is 7. The Bertz CT molecular complexity index is 1170. The fourth-order valence-corrected chi connectivity index (χ4v) is 3.65. The van der Waals surface area contributed by atoms with Crippen LogP contribution in [0.1, 0.15) is 16.1 Å². The zero-order valence-electron chi connectivity index (χ0n) is 17.9. The highest BCUT2D eigenvalue weighted by Crippen LogP contribution is 2.33. The van der Waals surface area contributed by atoms with E-state index in [1.807, 2.05) is 4.90 Å². The molecule has 1 aliphatic rings. The predicted octanol–water partition coefficient (Wildman–Crippen LogP) is 3.44. The fourth-order valence-electron chi connectivity index (χ4n) is 3.65. The van der Waals surface area contributed by atoms with Crippen LogP contribution >= 0.6 is 0 Å². The standard InChI is InChI=1S/C23H23N3O7/c1-31-22-6-3-15(21-7-4-17(14-27)33-21)12-18(22)24-23(28)16-2-5-19(20(13-16)26(29)30)25-8-10-32-11-9-25/h2-7,12-13,27H,8-11,14H2,1H3,(H,24,28). The summed E-state index contributed by atoms with van der Waals surface area (Å²) in [7, 11) is 1.48. The Morgan fingerprint density at radius 3 is 2.64 bits per heavy atom. The van der Waals surface area contributed by atoms with Gasteiger partial charge >= 0.3 is 0 Å². The molecule has 0 radical (unpaired) electrons. The maximum atomic E-state index is 13.0. The average Bonchev–Trinajstić information content (AvgIpc) is 3.33. The van der Waals surface area contributed by atoms with Crippen LogP contribution < -0.4 is 15.0 Å². The number of nitrogens with one attached hydrogen (secondary N) is 1. The molecule has 2 N–H and O–H groups in total. The van der Waals surface area contributed by atoms with Crippen molar-refractivity contribution < 1.29 is 28.7 Å². The van der Waals surface area contributed by atoms with Gasteiger partial charge in [0.05, 0.1) is 30.9 Å². The van der Waals surface area contributed by atoms with Crippen molar-refractivity contribution in [2.24, 2.45) is 0 Å². The van der Waals surface area contributed by atoms with Gasteiger partial charge in [-0.25, -0.2) is 0 Å². The number of aliphatic hydroxyl groups is 1. The Kier molecular flexibility index (Phi) is 6.57. The minimum Gasteiger partial charge on any atom is -0.495 e. The van der Waals surface area contributed by atoms with Crippen molar-refractivity contribution in [3.63, 3.8) is 0 Å². The summed E-state index contributed by atoms with van der Waals surface area (Å²) in [6, 6.07) is 12.9. The molecule has 2 heterocycles. The van der Waals surface area contributed by atoms with Crippen LogP contribution in [0.15, 0.2) is 52.9 Å². The van der Waals surface area contributed by atoms with Gasteiger partial charge in [0.1, 0.15) is 29.6 Å². The normalized spacial score (nSPS) is 13.6. The van der Waals surface area contributed by atoms with Crippen molar-refractivity contribution in [3.8, 4) is 17.1 Å². The predicted molar refractivity (Wildman–Crippen MR) is 121 cm³/mol. The van der Waals surface area contributed by atoms with Crippen LogP contribution in [0.4, 0.5) is 17.1 Å². The molecular formula is C23H23N3O7. The van der Waals surface area contributed by atoms with Gasteiger partial charge in [-0.1, -0.05) is 0 Å². The fraction of sp³-hybridized carbons (Fsp3) is 0.261. The van der Waals surface area contributed by atoms with E-state index in [4.69, 9.17) is 13.9 Å². The van der Waals surface area contributed by atoms with Gasteiger partial charge < -0.3 is 29.2 Å². The van der Waals surface area contributed by atoms with E-state index in [9.17, 15) is 20.0 Å². The van der Waals surface area contributed by atoms with Crippen molar-refractivity contribution in [2.45, 2.75) is 6.61 Å². The number of anilines is 2. The summed E-state index contributed by atoms with van der Waals surface area (Å²) in [4.78, 5) is 26.0. The summed E-state index contributed by atoms with van der Waals surface area (Å²) >= 11 is 0. The third kappa shape index (κ3) is 4.81. The second kappa shape index (κ2) is 9.72. The SMILES string of the molecule is COc1ccc(-c2ccc(CO)o2)cc1NC(=O)c1ccc(N2CCOCC2)c([N+](=O)[O-])c1. The van der Waals surface area contributed by atoms with Gasteiger partial charge in [-0.2, -0.15) is 0 Å². The number of methoxy groups -OCH3 is 1. The van der Waals surface area contributed by atoms with Gasteiger partial charge in [0.2, 0.25) is 0 Å². The highest BCUT2D eigenvalue weighted by Gasteiger charge is 2.24. The lowest BCUT2D eigenvalue weighted by molar-refractivity contribution is -0.384. The van der Waals surface area contributed by atoms with Crippen LogP contribution in [0.5, 0.6) is 5.75 Å². The summed E-state index contributed by atoms with van der Waals surface area (Å²) in [5.74, 6) is 0.833. The smallest absolute Gasteiger partial charge is 0.293 e. The highest BCUT2D eigenvalue weighted by molar-refractivity contribution is 6.06. The molecule has 10 heteroatoms. The lowest BCUT2D eigenvalue weighted by Crippen LogP contribution is -2.36. The molecule has 0 spiro atoms. The van der Waals surface area contributed by atoms with Crippen LogP contribution in [0.3, 0.4) is 0 Å². The van der Waals surface area contributed by atoms with Gasteiger partial charge in [-0.15, -0.1) is 0 Å². The largest absolute Gasteiger partial charge is 0.495 e. The van der Waals surface area contributed by atoms with Crippen molar-refractivity contribution in [1.82, 2.24) is 0 Å². The maximum absolute atomic E-state index is 13.0. The number of benzene rings is 2. The lowest BCUT2D eigenvalue weighted by Gasteiger charge is -2.28. The molecule has 33 heavy (non-hydrogen) atoms. The Labute approximate surface area is 189 Å². The minimum absolute atomic E-state index is 0.141. The van der Waals surface area contributed by atoms with Gasteiger partial charge in [-0.3, -0.25) is 14.9 Å². The number of carbonyl (C=O) groups is 1. The number of hydrogen-bond acceptors (Lipinski definition) is 8. The van der Waals surface area contributed by atoms with E-state index in [0.717, 1.165) is 0 Å². The third-order valence-electron chi connectivity index (χ3n) is 5.34. The van der Waals surface area contributed by atoms with Crippen LogP contribution in [0.25, 0.3) is 11.3 Å². The van der Waals surface area contributed by atoms with Crippen molar-refractivity contribution in [2.75, 3.05) is 43.6 Å². The van der Waals surface area contributed by atoms with Crippen LogP contribution in [0.2, 0.25) is 0 Å². The minimum atomic E-state index is -0.516. The number of morpholine rings is 1. The number of furan rings is 1. The molecular weight excluding hydrogens is 430 g/mol. The first-order chi connectivity index (χ1) is 16.0. The van der Waals surface area contributed by atoms with Crippen LogP contribution in [0, 0.1) is 10.1 Å². The number of amides is 1. The Hall–Kier alpha value is -3.89. The number of ether oxygens (including phenoxy) is 2. The summed E-state index contributed by atoms with van der Waals surface area (Å²) in [6.07, 6.45) is 0. The quantitative estimate of drug-likeness (QED) is 0.411. The maximum Gasteiger partial charge on any atom is 0.293 e. The molecule has 172 valence electrons. The Morgan fingerprint density at radius 2 is 1.97 bits per heavy atom. The molecule has 2 aromatic carbocycles. The van der Waals surface area contributed by atoms with E-state index in [1.165, 1.54) is 13.2 Å². The van der Waals surface area contributed by atoms with Gasteiger partial charge in [-0.05, 0) is 42.5 Å². The number of nitrogens with zero attached hydrogens (tertiary/aromatic N) is 2. The highest BCUT2D eigenvalue weighted by atomic mass is 16.6. The molecule has 1 aromatic heterocycles. The summed E-state index contributed by atoms with van der Waals surface area (Å²) in [5, 5.41) is 23.7. The molecule has 1 aliphatic heterocycles. The van der Waals surface area contributed by atoms with E-state index in [-0.39, 0.29) is 17.9 Å². The number of carbonyl (C=O) groups excluding carboxylic acids is 1. The monoisotopic (exact) mass is 453 g/mol. The number of hydrogen-bond donors (Lipinski definition) is 2. The van der Waals surface area contributed by atoms with Gasteiger partial charge in [0, 0.05) is 30.3 Å². The zero-order chi connectivity index (χ0) is 23.4. The molecule has 1 fully saturated rings. The molecule has 0 saturated carbocycles. The number of nitro groups is 1. The van der Waals surface area contributed by atoms with E-state index >= 15 is 0 Å². The van der Waals surface area contributed by atoms with E-state index in [2.05, 4.69) is 5.32 Å². The second-order valence-corrected chi connectivity index (χ2v) is 7.35. The molecule has 1 saturated heterocycles. The zero-order valence-corrected chi connectivity index (χ0v) is 17.9. The molecule has 0 bridgehead atoms. The number of nitro benzene ring substituents is 1. The second-order valence-electron chi connectivity index (χ2n) is 7.35. The van der Waals surface area contributed by atoms with Crippen molar-refractivity contribution in [3.05, 3.63) is 70.0 Å². The van der Waals surface area contributed by atoms with Gasteiger partial charge in [0.25, 0.3) is 11.6 Å². The summed E-state index contributed by atoms with van der Waals surface area (Å²) in [5.41, 5.74) is 1.50. The Morgan fingerprint density at radius 1 is 1.18 bits per heavy atom. The molecule has 0 aliphatic carbocycles. The lowest BCUT2D eigenvalue weighted by atomic mass is 10.1. The molecule has 4 rings (SSSR count). The summed E-state index contributed by atoms with van der Waals surface area (Å²) in [6.45, 7) is 1.84. The van der Waals surface area contributed by atoms with E-state index in [1.54, 1.807) is 42.5 Å². The summed E-state index contributed by atoms with van der Waals surface area (Å²) < 4.78 is 16.2. The first-order valence-electron chi connectivity index (χ1n) is 10.3. The molecule has 1 amide bonds. The first-order valence-corrected chi connectivity index (χ1v) is 10.3. The topological polar surface area (TPSA) is 127 Å². The van der Waals surface area contributed by atoms with Crippen LogP contribution in [-0.2, 0) is 11.3 Å². The average molecular weight is 453 g/mol. The third-order valence-corrected chi connectivity index (χ3v) is 5.34. The number of aliphatic hydroxyl groups excluding tert-OH is 1. The molecule has 0 unspecified atom stereocenters. The van der Waals surface area contributed by atoms with Crippen LogP contribution in [-0.4, -0.2) is 49.4 Å². The first kappa shape index (κ1) is 22.3.